The normalized spacial score (nSPS) is 34.6. The standard InChI is InChI=1S/C14H25NO2/c1-11-6-8-14(9-7-11,13(16)17)15(2)10-12-4-3-5-12/h11-12H,3-10H2,1-2H3,(H,16,17). The predicted octanol–water partition coefficient (Wildman–Crippen LogP) is 2.75. The molecule has 0 amide bonds. The van der Waals surface area contributed by atoms with E-state index in [0.29, 0.717) is 5.92 Å². The van der Waals surface area contributed by atoms with Gasteiger partial charge in [0.1, 0.15) is 5.54 Å². The highest BCUT2D eigenvalue weighted by molar-refractivity contribution is 5.78. The van der Waals surface area contributed by atoms with Gasteiger partial charge in [0.15, 0.2) is 0 Å². The minimum absolute atomic E-state index is 0.567. The highest BCUT2D eigenvalue weighted by Crippen LogP contribution is 2.38. The molecule has 0 aromatic heterocycles. The number of hydrogen-bond donors (Lipinski definition) is 1. The van der Waals surface area contributed by atoms with E-state index in [0.717, 1.165) is 38.1 Å². The fourth-order valence-corrected chi connectivity index (χ4v) is 3.24. The number of rotatable bonds is 4. The minimum atomic E-state index is -0.605. The van der Waals surface area contributed by atoms with Crippen molar-refractivity contribution in [2.75, 3.05) is 13.6 Å². The van der Waals surface area contributed by atoms with Crippen LogP contribution in [0.25, 0.3) is 0 Å². The molecular formula is C14H25NO2. The first-order valence-corrected chi connectivity index (χ1v) is 6.99. The topological polar surface area (TPSA) is 40.5 Å². The SMILES string of the molecule is CC1CCC(C(=O)O)(N(C)CC2CCC2)CC1. The third-order valence-electron chi connectivity index (χ3n) is 4.99. The molecule has 0 saturated heterocycles. The largest absolute Gasteiger partial charge is 0.480 e. The van der Waals surface area contributed by atoms with Gasteiger partial charge in [-0.15, -0.1) is 0 Å². The molecule has 2 aliphatic rings. The van der Waals surface area contributed by atoms with Crippen molar-refractivity contribution in [2.24, 2.45) is 11.8 Å². The molecule has 0 unspecified atom stereocenters. The van der Waals surface area contributed by atoms with Gasteiger partial charge in [0.25, 0.3) is 0 Å². The number of carbonyl (C=O) groups is 1. The summed E-state index contributed by atoms with van der Waals surface area (Å²) in [5.41, 5.74) is -0.567. The number of nitrogens with zero attached hydrogens (tertiary/aromatic N) is 1. The summed E-state index contributed by atoms with van der Waals surface area (Å²) in [7, 11) is 2.02. The Balaban J connectivity index is 2.01. The Morgan fingerprint density at radius 1 is 1.29 bits per heavy atom. The molecule has 0 bridgehead atoms. The average Bonchev–Trinajstić information content (AvgIpc) is 2.24. The molecule has 0 spiro atoms. The minimum Gasteiger partial charge on any atom is -0.480 e. The molecule has 0 aromatic carbocycles. The first-order valence-electron chi connectivity index (χ1n) is 6.99. The molecule has 0 radical (unpaired) electrons. The predicted molar refractivity (Wildman–Crippen MR) is 68.0 cm³/mol. The molecule has 1 N–H and O–H groups in total. The van der Waals surface area contributed by atoms with Crippen molar-refractivity contribution in [1.29, 1.82) is 0 Å². The fourth-order valence-electron chi connectivity index (χ4n) is 3.24. The summed E-state index contributed by atoms with van der Waals surface area (Å²) in [5, 5.41) is 9.61. The van der Waals surface area contributed by atoms with Gasteiger partial charge in [-0.2, -0.15) is 0 Å². The van der Waals surface area contributed by atoms with Crippen molar-refractivity contribution in [3.8, 4) is 0 Å². The van der Waals surface area contributed by atoms with Crippen LogP contribution in [0.5, 0.6) is 0 Å². The highest BCUT2D eigenvalue weighted by Gasteiger charge is 2.45. The van der Waals surface area contributed by atoms with Crippen molar-refractivity contribution < 1.29 is 9.90 Å². The summed E-state index contributed by atoms with van der Waals surface area (Å²) in [6.45, 7) is 3.21. The van der Waals surface area contributed by atoms with E-state index in [1.165, 1.54) is 19.3 Å². The second-order valence-corrected chi connectivity index (χ2v) is 6.20. The molecule has 98 valence electrons. The summed E-state index contributed by atoms with van der Waals surface area (Å²) >= 11 is 0. The van der Waals surface area contributed by atoms with Crippen molar-refractivity contribution in [2.45, 2.75) is 57.4 Å². The van der Waals surface area contributed by atoms with Gasteiger partial charge in [-0.1, -0.05) is 13.3 Å². The van der Waals surface area contributed by atoms with Gasteiger partial charge < -0.3 is 5.11 Å². The maximum absolute atomic E-state index is 11.7. The molecule has 3 heteroatoms. The lowest BCUT2D eigenvalue weighted by Crippen LogP contribution is -2.56. The Kier molecular flexibility index (Phi) is 3.76. The molecule has 2 aliphatic carbocycles. The summed E-state index contributed by atoms with van der Waals surface area (Å²) in [5.74, 6) is 0.835. The van der Waals surface area contributed by atoms with Crippen LogP contribution in [0.1, 0.15) is 51.9 Å². The van der Waals surface area contributed by atoms with Crippen LogP contribution in [-0.4, -0.2) is 35.1 Å². The van der Waals surface area contributed by atoms with Crippen LogP contribution in [0, 0.1) is 11.8 Å². The Labute approximate surface area is 104 Å². The highest BCUT2D eigenvalue weighted by atomic mass is 16.4. The lowest BCUT2D eigenvalue weighted by Gasteiger charge is -2.45. The third kappa shape index (κ3) is 2.49. The monoisotopic (exact) mass is 239 g/mol. The molecule has 3 nitrogen and oxygen atoms in total. The first kappa shape index (κ1) is 12.9. The second-order valence-electron chi connectivity index (χ2n) is 6.20. The number of carboxylic acids is 1. The van der Waals surface area contributed by atoms with Crippen molar-refractivity contribution in [3.05, 3.63) is 0 Å². The molecule has 2 rings (SSSR count). The smallest absolute Gasteiger partial charge is 0.324 e. The maximum Gasteiger partial charge on any atom is 0.324 e. The van der Waals surface area contributed by atoms with E-state index in [1.54, 1.807) is 0 Å². The first-order chi connectivity index (χ1) is 8.04. The van der Waals surface area contributed by atoms with Crippen LogP contribution in [-0.2, 0) is 4.79 Å². The van der Waals surface area contributed by atoms with E-state index in [-0.39, 0.29) is 0 Å². The van der Waals surface area contributed by atoms with Gasteiger partial charge >= 0.3 is 5.97 Å². The zero-order valence-electron chi connectivity index (χ0n) is 11.1. The van der Waals surface area contributed by atoms with Crippen molar-refractivity contribution >= 4 is 5.97 Å². The lowest BCUT2D eigenvalue weighted by atomic mass is 9.75. The van der Waals surface area contributed by atoms with Gasteiger partial charge in [-0.05, 0) is 57.4 Å². The number of carboxylic acid groups (broad SMARTS) is 1. The van der Waals surface area contributed by atoms with Gasteiger partial charge in [0, 0.05) is 6.54 Å². The van der Waals surface area contributed by atoms with Gasteiger partial charge in [-0.3, -0.25) is 9.69 Å². The quantitative estimate of drug-likeness (QED) is 0.820. The van der Waals surface area contributed by atoms with Crippen molar-refractivity contribution in [3.63, 3.8) is 0 Å². The van der Waals surface area contributed by atoms with Gasteiger partial charge in [0.05, 0.1) is 0 Å². The van der Waals surface area contributed by atoms with Gasteiger partial charge in [0.2, 0.25) is 0 Å². The van der Waals surface area contributed by atoms with Crippen LogP contribution < -0.4 is 0 Å². The molecule has 0 aromatic rings. The number of aliphatic carboxylic acids is 1. The van der Waals surface area contributed by atoms with E-state index in [2.05, 4.69) is 11.8 Å². The van der Waals surface area contributed by atoms with Crippen LogP contribution in [0.15, 0.2) is 0 Å². The fraction of sp³-hybridized carbons (Fsp3) is 0.929. The third-order valence-corrected chi connectivity index (χ3v) is 4.99. The zero-order chi connectivity index (χ0) is 12.5. The molecule has 0 atom stereocenters. The van der Waals surface area contributed by atoms with Crippen LogP contribution in [0.3, 0.4) is 0 Å². The summed E-state index contributed by atoms with van der Waals surface area (Å²) in [6.07, 6.45) is 7.67. The Hall–Kier alpha value is -0.570. The molecule has 0 heterocycles. The van der Waals surface area contributed by atoms with Crippen LogP contribution in [0.4, 0.5) is 0 Å². The second kappa shape index (κ2) is 4.97. The Morgan fingerprint density at radius 3 is 2.29 bits per heavy atom. The van der Waals surface area contributed by atoms with E-state index in [9.17, 15) is 9.90 Å². The average molecular weight is 239 g/mol. The summed E-state index contributed by atoms with van der Waals surface area (Å²) in [6, 6.07) is 0. The zero-order valence-corrected chi connectivity index (χ0v) is 11.1. The van der Waals surface area contributed by atoms with Crippen molar-refractivity contribution in [1.82, 2.24) is 4.90 Å². The molecule has 0 aliphatic heterocycles. The lowest BCUT2D eigenvalue weighted by molar-refractivity contribution is -0.154. The Bertz CT molecular complexity index is 278. The Morgan fingerprint density at radius 2 is 1.88 bits per heavy atom. The van der Waals surface area contributed by atoms with Crippen LogP contribution >= 0.6 is 0 Å². The molecule has 2 fully saturated rings. The van der Waals surface area contributed by atoms with E-state index >= 15 is 0 Å². The van der Waals surface area contributed by atoms with Gasteiger partial charge in [-0.25, -0.2) is 0 Å². The molecule has 2 saturated carbocycles. The number of hydrogen-bond acceptors (Lipinski definition) is 2. The molecular weight excluding hydrogens is 214 g/mol. The molecule has 17 heavy (non-hydrogen) atoms. The van der Waals surface area contributed by atoms with Crippen LogP contribution in [0.2, 0.25) is 0 Å². The maximum atomic E-state index is 11.7. The summed E-state index contributed by atoms with van der Waals surface area (Å²) < 4.78 is 0. The summed E-state index contributed by atoms with van der Waals surface area (Å²) in [4.78, 5) is 13.8. The number of likely N-dealkylation sites (N-methyl/N-ethyl adjacent to an activating group) is 1. The van der Waals surface area contributed by atoms with E-state index < -0.39 is 11.5 Å². The van der Waals surface area contributed by atoms with E-state index in [1.807, 2.05) is 7.05 Å². The van der Waals surface area contributed by atoms with E-state index in [4.69, 9.17) is 0 Å².